The summed E-state index contributed by atoms with van der Waals surface area (Å²) in [4.78, 5) is 0. The van der Waals surface area contributed by atoms with Crippen LogP contribution in [0.5, 0.6) is 0 Å². The number of hydrogen-bond acceptors (Lipinski definition) is 3. The molecular formula is C10H16N4. The first-order valence-corrected chi connectivity index (χ1v) is 4.84. The Labute approximate surface area is 83.6 Å². The molecule has 0 bridgehead atoms. The van der Waals surface area contributed by atoms with Crippen molar-refractivity contribution in [1.82, 2.24) is 10.2 Å². The average Bonchev–Trinajstić information content (AvgIpc) is 2.44. The van der Waals surface area contributed by atoms with Gasteiger partial charge in [0.05, 0.1) is 11.4 Å². The highest BCUT2D eigenvalue weighted by atomic mass is 15.2. The fourth-order valence-electron chi connectivity index (χ4n) is 2.16. The minimum Gasteiger partial charge on any atom is -0.323 e. The molecule has 1 aromatic rings. The topological polar surface area (TPSA) is 67.1 Å². The lowest BCUT2D eigenvalue weighted by Crippen LogP contribution is -2.28. The SMILES string of the molecule is Cc1[nH]nc2c1/C(=N/N)CC(C)(C)C2. The lowest BCUT2D eigenvalue weighted by atomic mass is 9.75. The first kappa shape index (κ1) is 9.24. The van der Waals surface area contributed by atoms with Gasteiger partial charge >= 0.3 is 0 Å². The zero-order valence-corrected chi connectivity index (χ0v) is 8.89. The first-order valence-electron chi connectivity index (χ1n) is 4.84. The van der Waals surface area contributed by atoms with Crippen molar-refractivity contribution in [2.24, 2.45) is 16.4 Å². The van der Waals surface area contributed by atoms with Crippen LogP contribution in [0.15, 0.2) is 5.10 Å². The molecule has 1 heterocycles. The summed E-state index contributed by atoms with van der Waals surface area (Å²) in [7, 11) is 0. The summed E-state index contributed by atoms with van der Waals surface area (Å²) in [6.45, 7) is 6.44. The van der Waals surface area contributed by atoms with Crippen molar-refractivity contribution in [1.29, 1.82) is 0 Å². The van der Waals surface area contributed by atoms with Crippen LogP contribution < -0.4 is 5.84 Å². The fraction of sp³-hybridized carbons (Fsp3) is 0.600. The molecule has 1 aliphatic rings. The Bertz CT molecular complexity index is 387. The summed E-state index contributed by atoms with van der Waals surface area (Å²) in [5, 5.41) is 11.2. The van der Waals surface area contributed by atoms with Gasteiger partial charge < -0.3 is 5.84 Å². The molecule has 0 unspecified atom stereocenters. The number of hydrazone groups is 1. The molecule has 0 atom stereocenters. The number of nitrogens with zero attached hydrogens (tertiary/aromatic N) is 2. The molecule has 0 spiro atoms. The summed E-state index contributed by atoms with van der Waals surface area (Å²) >= 11 is 0. The van der Waals surface area contributed by atoms with Crippen LogP contribution in [0.3, 0.4) is 0 Å². The van der Waals surface area contributed by atoms with Crippen LogP contribution >= 0.6 is 0 Å². The van der Waals surface area contributed by atoms with Crippen molar-refractivity contribution in [3.05, 3.63) is 17.0 Å². The Hall–Kier alpha value is -1.32. The molecule has 0 aliphatic heterocycles. The molecule has 3 N–H and O–H groups in total. The number of hydrogen-bond donors (Lipinski definition) is 2. The van der Waals surface area contributed by atoms with Gasteiger partial charge in [0.2, 0.25) is 0 Å². The number of rotatable bonds is 0. The fourth-order valence-corrected chi connectivity index (χ4v) is 2.16. The van der Waals surface area contributed by atoms with E-state index >= 15 is 0 Å². The number of nitrogens with one attached hydrogen (secondary N) is 1. The summed E-state index contributed by atoms with van der Waals surface area (Å²) in [6.07, 6.45) is 1.92. The third-order valence-electron chi connectivity index (χ3n) is 2.76. The van der Waals surface area contributed by atoms with Crippen molar-refractivity contribution in [2.75, 3.05) is 0 Å². The molecule has 0 saturated heterocycles. The van der Waals surface area contributed by atoms with Gasteiger partial charge in [0.15, 0.2) is 0 Å². The minimum absolute atomic E-state index is 0.215. The monoisotopic (exact) mass is 192 g/mol. The second-order valence-electron chi connectivity index (χ2n) is 4.76. The second kappa shape index (κ2) is 2.83. The molecule has 0 fully saturated rings. The lowest BCUT2D eigenvalue weighted by Gasteiger charge is -2.29. The van der Waals surface area contributed by atoms with E-state index in [1.54, 1.807) is 0 Å². The molecule has 4 nitrogen and oxygen atoms in total. The van der Waals surface area contributed by atoms with E-state index in [1.165, 1.54) is 0 Å². The first-order chi connectivity index (χ1) is 6.53. The Morgan fingerprint density at radius 3 is 2.79 bits per heavy atom. The molecule has 76 valence electrons. The highest BCUT2D eigenvalue weighted by Crippen LogP contribution is 2.34. The van der Waals surface area contributed by atoms with Crippen LogP contribution in [0, 0.1) is 12.3 Å². The summed E-state index contributed by atoms with van der Waals surface area (Å²) in [5.41, 5.74) is 4.49. The van der Waals surface area contributed by atoms with Crippen LogP contribution in [0.2, 0.25) is 0 Å². The van der Waals surface area contributed by atoms with Gasteiger partial charge in [-0.05, 0) is 25.2 Å². The van der Waals surface area contributed by atoms with E-state index in [4.69, 9.17) is 5.84 Å². The van der Waals surface area contributed by atoms with Crippen molar-refractivity contribution in [3.8, 4) is 0 Å². The third-order valence-corrected chi connectivity index (χ3v) is 2.76. The quantitative estimate of drug-likeness (QED) is 0.481. The largest absolute Gasteiger partial charge is 0.323 e. The molecule has 1 aliphatic carbocycles. The predicted molar refractivity (Wildman–Crippen MR) is 56.2 cm³/mol. The van der Waals surface area contributed by atoms with Gasteiger partial charge in [-0.2, -0.15) is 10.2 Å². The smallest absolute Gasteiger partial charge is 0.0721 e. The molecule has 0 radical (unpaired) electrons. The predicted octanol–water partition coefficient (Wildman–Crippen LogP) is 1.35. The van der Waals surface area contributed by atoms with Gasteiger partial charge in [-0.15, -0.1) is 0 Å². The number of fused-ring (bicyclic) bond motifs is 1. The Kier molecular flexibility index (Phi) is 1.87. The molecular weight excluding hydrogens is 176 g/mol. The Morgan fingerprint density at radius 2 is 2.14 bits per heavy atom. The van der Waals surface area contributed by atoms with Crippen LogP contribution in [0.1, 0.15) is 37.2 Å². The van der Waals surface area contributed by atoms with Gasteiger partial charge in [0, 0.05) is 11.3 Å². The van der Waals surface area contributed by atoms with E-state index in [-0.39, 0.29) is 5.41 Å². The van der Waals surface area contributed by atoms with E-state index < -0.39 is 0 Å². The summed E-state index contributed by atoms with van der Waals surface area (Å²) in [5.74, 6) is 5.41. The number of nitrogens with two attached hydrogens (primary N) is 1. The maximum atomic E-state index is 5.41. The molecule has 4 heteroatoms. The Balaban J connectivity index is 2.54. The normalized spacial score (nSPS) is 22.4. The van der Waals surface area contributed by atoms with E-state index in [1.807, 2.05) is 6.92 Å². The van der Waals surface area contributed by atoms with E-state index in [0.29, 0.717) is 0 Å². The summed E-state index contributed by atoms with van der Waals surface area (Å²) < 4.78 is 0. The van der Waals surface area contributed by atoms with Crippen molar-refractivity contribution in [2.45, 2.75) is 33.6 Å². The van der Waals surface area contributed by atoms with Gasteiger partial charge in [-0.3, -0.25) is 5.10 Å². The standard InChI is InChI=1S/C10H16N4/c1-6-9-7(12-11)4-10(2,3)5-8(9)14-13-6/h4-5,11H2,1-3H3,(H,13,14)/b12-7+. The van der Waals surface area contributed by atoms with Crippen molar-refractivity contribution < 1.29 is 0 Å². The lowest BCUT2D eigenvalue weighted by molar-refractivity contribution is 0.368. The number of aromatic nitrogens is 2. The van der Waals surface area contributed by atoms with Gasteiger partial charge in [-0.1, -0.05) is 13.8 Å². The Morgan fingerprint density at radius 1 is 1.43 bits per heavy atom. The zero-order valence-electron chi connectivity index (χ0n) is 8.89. The van der Waals surface area contributed by atoms with Crippen LogP contribution in [-0.2, 0) is 6.42 Å². The minimum atomic E-state index is 0.215. The van der Waals surface area contributed by atoms with E-state index in [2.05, 4.69) is 29.1 Å². The van der Waals surface area contributed by atoms with Gasteiger partial charge in [0.25, 0.3) is 0 Å². The number of H-pyrrole nitrogens is 1. The molecule has 2 rings (SSSR count). The van der Waals surface area contributed by atoms with Crippen LogP contribution in [-0.4, -0.2) is 15.9 Å². The van der Waals surface area contributed by atoms with Crippen molar-refractivity contribution >= 4 is 5.71 Å². The molecule has 0 aromatic carbocycles. The molecule has 0 amide bonds. The van der Waals surface area contributed by atoms with Crippen LogP contribution in [0.4, 0.5) is 0 Å². The van der Waals surface area contributed by atoms with Gasteiger partial charge in [-0.25, -0.2) is 0 Å². The third kappa shape index (κ3) is 1.31. The average molecular weight is 192 g/mol. The van der Waals surface area contributed by atoms with Crippen LogP contribution in [0.25, 0.3) is 0 Å². The molecule has 0 saturated carbocycles. The maximum Gasteiger partial charge on any atom is 0.0721 e. The number of aromatic amines is 1. The highest BCUT2D eigenvalue weighted by molar-refractivity contribution is 6.03. The maximum absolute atomic E-state index is 5.41. The van der Waals surface area contributed by atoms with Crippen molar-refractivity contribution in [3.63, 3.8) is 0 Å². The molecule has 1 aromatic heterocycles. The van der Waals surface area contributed by atoms with E-state index in [0.717, 1.165) is 35.5 Å². The highest BCUT2D eigenvalue weighted by Gasteiger charge is 2.32. The van der Waals surface area contributed by atoms with Gasteiger partial charge in [0.1, 0.15) is 0 Å². The molecule has 14 heavy (non-hydrogen) atoms. The zero-order chi connectivity index (χ0) is 10.3. The second-order valence-corrected chi connectivity index (χ2v) is 4.76. The van der Waals surface area contributed by atoms with E-state index in [9.17, 15) is 0 Å². The number of aryl methyl sites for hydroxylation is 1. The summed E-state index contributed by atoms with van der Waals surface area (Å²) in [6, 6.07) is 0.